The molecule has 0 radical (unpaired) electrons. The zero-order valence-electron chi connectivity index (χ0n) is 11.7. The van der Waals surface area contributed by atoms with E-state index in [0.29, 0.717) is 0 Å². The Balaban J connectivity index is 2.48. The van der Waals surface area contributed by atoms with Gasteiger partial charge in [0.05, 0.1) is 6.04 Å². The summed E-state index contributed by atoms with van der Waals surface area (Å²) in [6.45, 7) is 7.44. The molecule has 0 fully saturated rings. The molecular weight excluding hydrogens is 345 g/mol. The molecule has 2 heteroatoms. The van der Waals surface area contributed by atoms with E-state index in [1.54, 1.807) is 0 Å². The molecule has 0 saturated heterocycles. The Morgan fingerprint density at radius 1 is 1.11 bits per heavy atom. The van der Waals surface area contributed by atoms with Gasteiger partial charge in [0.25, 0.3) is 0 Å². The zero-order chi connectivity index (χ0) is 13.8. The predicted octanol–water partition coefficient (Wildman–Crippen LogP) is 4.61. The monoisotopic (exact) mass is 365 g/mol. The molecule has 0 saturated carbocycles. The molecule has 19 heavy (non-hydrogen) atoms. The van der Waals surface area contributed by atoms with Gasteiger partial charge in [0.2, 0.25) is 0 Å². The van der Waals surface area contributed by atoms with E-state index < -0.39 is 0 Å². The summed E-state index contributed by atoms with van der Waals surface area (Å²) >= 11 is 2.46. The van der Waals surface area contributed by atoms with Crippen molar-refractivity contribution in [3.63, 3.8) is 0 Å². The van der Waals surface area contributed by atoms with Crippen molar-refractivity contribution in [1.82, 2.24) is 5.32 Å². The second-order valence-corrected chi connectivity index (χ2v) is 5.96. The van der Waals surface area contributed by atoms with Gasteiger partial charge in [-0.25, -0.2) is 0 Å². The van der Waals surface area contributed by atoms with Crippen LogP contribution in [0, 0.1) is 17.4 Å². The highest BCUT2D eigenvalue weighted by Crippen LogP contribution is 2.28. The fourth-order valence-electron chi connectivity index (χ4n) is 2.35. The summed E-state index contributed by atoms with van der Waals surface area (Å²) in [6.07, 6.45) is 0. The average Bonchev–Trinajstić information content (AvgIpc) is 2.40. The molecule has 0 aliphatic carbocycles. The maximum Gasteiger partial charge on any atom is 0.0587 e. The SMILES string of the molecule is CCNC(c1cccc(C)c1)c1cccc(C)c1I. The van der Waals surface area contributed by atoms with Crippen LogP contribution in [0.4, 0.5) is 0 Å². The van der Waals surface area contributed by atoms with Gasteiger partial charge in [-0.2, -0.15) is 0 Å². The lowest BCUT2D eigenvalue weighted by molar-refractivity contribution is 0.627. The van der Waals surface area contributed by atoms with Crippen molar-refractivity contribution in [3.05, 3.63) is 68.3 Å². The average molecular weight is 365 g/mol. The van der Waals surface area contributed by atoms with Gasteiger partial charge in [-0.1, -0.05) is 55.0 Å². The highest BCUT2D eigenvalue weighted by molar-refractivity contribution is 14.1. The number of rotatable bonds is 4. The number of benzene rings is 2. The van der Waals surface area contributed by atoms with Crippen molar-refractivity contribution < 1.29 is 0 Å². The molecule has 0 amide bonds. The minimum atomic E-state index is 0.275. The van der Waals surface area contributed by atoms with Crippen LogP contribution in [-0.2, 0) is 0 Å². The van der Waals surface area contributed by atoms with Gasteiger partial charge < -0.3 is 5.32 Å². The first kappa shape index (κ1) is 14.5. The van der Waals surface area contributed by atoms with Crippen molar-refractivity contribution in [3.8, 4) is 0 Å². The molecule has 1 nitrogen and oxygen atoms in total. The summed E-state index contributed by atoms with van der Waals surface area (Å²) in [5, 5.41) is 3.61. The Kier molecular flexibility index (Phi) is 4.99. The molecular formula is C17H20IN. The van der Waals surface area contributed by atoms with E-state index in [1.807, 2.05) is 0 Å². The van der Waals surface area contributed by atoms with E-state index in [-0.39, 0.29) is 6.04 Å². The van der Waals surface area contributed by atoms with E-state index in [2.05, 4.69) is 91.1 Å². The summed E-state index contributed by atoms with van der Waals surface area (Å²) in [4.78, 5) is 0. The lowest BCUT2D eigenvalue weighted by Crippen LogP contribution is -2.23. The van der Waals surface area contributed by atoms with Crippen LogP contribution in [0.3, 0.4) is 0 Å². The van der Waals surface area contributed by atoms with Crippen LogP contribution in [-0.4, -0.2) is 6.54 Å². The van der Waals surface area contributed by atoms with Crippen molar-refractivity contribution in [2.75, 3.05) is 6.54 Å². The van der Waals surface area contributed by atoms with E-state index in [0.717, 1.165) is 6.54 Å². The van der Waals surface area contributed by atoms with Crippen LogP contribution in [0.1, 0.15) is 35.2 Å². The zero-order valence-corrected chi connectivity index (χ0v) is 13.9. The molecule has 0 heterocycles. The fraction of sp³-hybridized carbons (Fsp3) is 0.294. The molecule has 0 aliphatic rings. The number of hydrogen-bond acceptors (Lipinski definition) is 1. The Morgan fingerprint density at radius 3 is 2.53 bits per heavy atom. The predicted molar refractivity (Wildman–Crippen MR) is 90.6 cm³/mol. The largest absolute Gasteiger partial charge is 0.306 e. The maximum atomic E-state index is 3.61. The van der Waals surface area contributed by atoms with Crippen LogP contribution >= 0.6 is 22.6 Å². The Bertz CT molecular complexity index is 563. The maximum absolute atomic E-state index is 3.61. The first-order chi connectivity index (χ1) is 9.13. The third-order valence-corrected chi connectivity index (χ3v) is 4.79. The van der Waals surface area contributed by atoms with Gasteiger partial charge in [0, 0.05) is 3.57 Å². The Morgan fingerprint density at radius 2 is 1.84 bits per heavy atom. The van der Waals surface area contributed by atoms with Gasteiger partial charge in [0.15, 0.2) is 0 Å². The van der Waals surface area contributed by atoms with E-state index in [9.17, 15) is 0 Å². The minimum Gasteiger partial charge on any atom is -0.306 e. The van der Waals surface area contributed by atoms with Crippen LogP contribution in [0.25, 0.3) is 0 Å². The molecule has 2 aromatic rings. The number of nitrogens with one attached hydrogen (secondary N) is 1. The summed E-state index contributed by atoms with van der Waals surface area (Å²) in [5.74, 6) is 0. The van der Waals surface area contributed by atoms with Crippen molar-refractivity contribution in [2.24, 2.45) is 0 Å². The van der Waals surface area contributed by atoms with Crippen LogP contribution < -0.4 is 5.32 Å². The molecule has 0 aromatic heterocycles. The first-order valence-electron chi connectivity index (χ1n) is 6.68. The quantitative estimate of drug-likeness (QED) is 0.781. The lowest BCUT2D eigenvalue weighted by atomic mass is 9.96. The smallest absolute Gasteiger partial charge is 0.0587 e. The van der Waals surface area contributed by atoms with Gasteiger partial charge in [-0.3, -0.25) is 0 Å². The molecule has 1 N–H and O–H groups in total. The minimum absolute atomic E-state index is 0.275. The normalized spacial score (nSPS) is 12.4. The summed E-state index contributed by atoms with van der Waals surface area (Å²) in [7, 11) is 0. The van der Waals surface area contributed by atoms with Crippen molar-refractivity contribution >= 4 is 22.6 Å². The summed E-state index contributed by atoms with van der Waals surface area (Å²) < 4.78 is 1.35. The molecule has 2 aromatic carbocycles. The highest BCUT2D eigenvalue weighted by atomic mass is 127. The van der Waals surface area contributed by atoms with E-state index >= 15 is 0 Å². The second kappa shape index (κ2) is 6.53. The molecule has 2 rings (SSSR count). The van der Waals surface area contributed by atoms with E-state index in [1.165, 1.54) is 25.8 Å². The first-order valence-corrected chi connectivity index (χ1v) is 7.76. The number of hydrogen-bond donors (Lipinski definition) is 1. The number of aryl methyl sites for hydroxylation is 2. The second-order valence-electron chi connectivity index (χ2n) is 4.88. The Hall–Kier alpha value is -0.870. The van der Waals surface area contributed by atoms with Crippen LogP contribution in [0.2, 0.25) is 0 Å². The standard InChI is InChI=1S/C17H20IN/c1-4-19-17(14-9-5-7-12(2)11-14)15-10-6-8-13(3)16(15)18/h5-11,17,19H,4H2,1-3H3. The molecule has 1 unspecified atom stereocenters. The van der Waals surface area contributed by atoms with Crippen molar-refractivity contribution in [1.29, 1.82) is 0 Å². The van der Waals surface area contributed by atoms with E-state index in [4.69, 9.17) is 0 Å². The van der Waals surface area contributed by atoms with Gasteiger partial charge in [-0.15, -0.1) is 0 Å². The molecule has 1 atom stereocenters. The van der Waals surface area contributed by atoms with Gasteiger partial charge in [0.1, 0.15) is 0 Å². The molecule has 0 aliphatic heterocycles. The third kappa shape index (κ3) is 3.37. The van der Waals surface area contributed by atoms with Crippen LogP contribution in [0.5, 0.6) is 0 Å². The highest BCUT2D eigenvalue weighted by Gasteiger charge is 2.16. The number of halogens is 1. The Labute approximate surface area is 129 Å². The summed E-state index contributed by atoms with van der Waals surface area (Å²) in [5.41, 5.74) is 5.36. The van der Waals surface area contributed by atoms with Crippen LogP contribution in [0.15, 0.2) is 42.5 Å². The van der Waals surface area contributed by atoms with Gasteiger partial charge >= 0.3 is 0 Å². The lowest BCUT2D eigenvalue weighted by Gasteiger charge is -2.21. The molecule has 0 spiro atoms. The molecule has 100 valence electrons. The molecule has 0 bridgehead atoms. The summed E-state index contributed by atoms with van der Waals surface area (Å²) in [6, 6.07) is 15.6. The topological polar surface area (TPSA) is 12.0 Å². The van der Waals surface area contributed by atoms with Gasteiger partial charge in [-0.05, 0) is 59.7 Å². The third-order valence-electron chi connectivity index (χ3n) is 3.32. The van der Waals surface area contributed by atoms with Crippen molar-refractivity contribution in [2.45, 2.75) is 26.8 Å². The fourth-order valence-corrected chi connectivity index (χ4v) is 3.03.